The van der Waals surface area contributed by atoms with Crippen LogP contribution in [-0.4, -0.2) is 32.2 Å². The van der Waals surface area contributed by atoms with Crippen LogP contribution in [0.2, 0.25) is 0 Å². The molecule has 8 heteroatoms. The van der Waals surface area contributed by atoms with Gasteiger partial charge in [-0.2, -0.15) is 4.72 Å². The summed E-state index contributed by atoms with van der Waals surface area (Å²) in [6.07, 6.45) is 3.42. The predicted molar refractivity (Wildman–Crippen MR) is 130 cm³/mol. The van der Waals surface area contributed by atoms with Crippen LogP contribution in [0.15, 0.2) is 47.6 Å². The molecule has 0 amide bonds. The molecule has 0 aliphatic heterocycles. The molecule has 0 saturated heterocycles. The summed E-state index contributed by atoms with van der Waals surface area (Å²) in [5, 5.41) is 0. The summed E-state index contributed by atoms with van der Waals surface area (Å²) in [6, 6.07) is 8.46. The van der Waals surface area contributed by atoms with Crippen LogP contribution < -0.4 is 14.2 Å². The number of sulfonamides is 1. The van der Waals surface area contributed by atoms with Crippen LogP contribution in [0.25, 0.3) is 0 Å². The molecule has 2 aromatic carbocycles. The molecule has 0 radical (unpaired) electrons. The minimum atomic E-state index is -3.90. The van der Waals surface area contributed by atoms with Crippen LogP contribution in [0, 0.1) is 13.8 Å². The maximum absolute atomic E-state index is 13.7. The van der Waals surface area contributed by atoms with Crippen molar-refractivity contribution in [2.24, 2.45) is 7.05 Å². The van der Waals surface area contributed by atoms with Gasteiger partial charge in [0.25, 0.3) is 0 Å². The highest BCUT2D eigenvalue weighted by Gasteiger charge is 2.29. The Morgan fingerprint density at radius 3 is 1.94 bits per heavy atom. The van der Waals surface area contributed by atoms with Gasteiger partial charge in [0.05, 0.1) is 19.1 Å². The van der Waals surface area contributed by atoms with E-state index in [4.69, 9.17) is 9.47 Å². The number of aryl methyl sites for hydroxylation is 3. The average Bonchev–Trinajstić information content (AvgIpc) is 3.15. The molecule has 0 bridgehead atoms. The van der Waals surface area contributed by atoms with E-state index < -0.39 is 16.1 Å². The van der Waals surface area contributed by atoms with Gasteiger partial charge in [0.15, 0.2) is 0 Å². The number of nitrogens with one attached hydrogen (secondary N) is 1. The highest BCUT2D eigenvalue weighted by molar-refractivity contribution is 7.89. The molecule has 0 unspecified atom stereocenters. The second kappa shape index (κ2) is 9.19. The lowest BCUT2D eigenvalue weighted by Crippen LogP contribution is -2.32. The van der Waals surface area contributed by atoms with Crippen molar-refractivity contribution in [1.82, 2.24) is 14.3 Å². The van der Waals surface area contributed by atoms with Crippen molar-refractivity contribution in [3.63, 3.8) is 0 Å². The number of nitrogens with zero attached hydrogens (tertiary/aromatic N) is 2. The Kier molecular flexibility index (Phi) is 6.91. The molecule has 0 fully saturated rings. The van der Waals surface area contributed by atoms with Crippen LogP contribution in [0.5, 0.6) is 11.5 Å². The minimum Gasteiger partial charge on any atom is -0.497 e. The minimum absolute atomic E-state index is 0.0854. The van der Waals surface area contributed by atoms with Crippen molar-refractivity contribution >= 4 is 10.0 Å². The summed E-state index contributed by atoms with van der Waals surface area (Å²) in [6.45, 7) is 10.0. The Labute approximate surface area is 196 Å². The number of ether oxygens (including phenoxy) is 2. The molecule has 1 atom stereocenters. The Morgan fingerprint density at radius 1 is 0.970 bits per heavy atom. The number of aromatic nitrogens is 2. The van der Waals surface area contributed by atoms with Crippen molar-refractivity contribution in [2.45, 2.75) is 51.0 Å². The number of methoxy groups -OCH3 is 2. The Balaban J connectivity index is 2.14. The SMILES string of the molecule is COc1cc(OC)cc([C@@H](NS(=O)(=O)c2c(C)cc(C(C)(C)C)cc2C)c2nccn2C)c1. The van der Waals surface area contributed by atoms with Gasteiger partial charge in [-0.05, 0) is 53.6 Å². The van der Waals surface area contributed by atoms with Gasteiger partial charge in [-0.3, -0.25) is 0 Å². The van der Waals surface area contributed by atoms with Crippen molar-refractivity contribution in [3.8, 4) is 11.5 Å². The normalized spacial score (nSPS) is 13.1. The lowest BCUT2D eigenvalue weighted by Gasteiger charge is -2.24. The summed E-state index contributed by atoms with van der Waals surface area (Å²) in [5.74, 6) is 1.67. The largest absolute Gasteiger partial charge is 0.497 e. The topological polar surface area (TPSA) is 82.4 Å². The smallest absolute Gasteiger partial charge is 0.242 e. The average molecular weight is 472 g/mol. The molecule has 0 aliphatic rings. The van der Waals surface area contributed by atoms with Crippen LogP contribution in [-0.2, 0) is 22.5 Å². The van der Waals surface area contributed by atoms with E-state index in [1.54, 1.807) is 49.4 Å². The van der Waals surface area contributed by atoms with Gasteiger partial charge in [-0.1, -0.05) is 32.9 Å². The Hall–Kier alpha value is -2.84. The van der Waals surface area contributed by atoms with E-state index in [1.807, 2.05) is 33.0 Å². The van der Waals surface area contributed by atoms with Gasteiger partial charge >= 0.3 is 0 Å². The van der Waals surface area contributed by atoms with E-state index in [1.165, 1.54) is 0 Å². The van der Waals surface area contributed by atoms with Crippen molar-refractivity contribution in [1.29, 1.82) is 0 Å². The molecule has 7 nitrogen and oxygen atoms in total. The van der Waals surface area contributed by atoms with Crippen LogP contribution in [0.4, 0.5) is 0 Å². The summed E-state index contributed by atoms with van der Waals surface area (Å²) in [4.78, 5) is 4.71. The van der Waals surface area contributed by atoms with Gasteiger partial charge in [0.1, 0.15) is 23.4 Å². The third-order valence-corrected chi connectivity index (χ3v) is 7.42. The maximum atomic E-state index is 13.7. The predicted octanol–water partition coefficient (Wildman–Crippen LogP) is 4.42. The maximum Gasteiger partial charge on any atom is 0.242 e. The van der Waals surface area contributed by atoms with Crippen molar-refractivity contribution in [3.05, 3.63) is 70.8 Å². The van der Waals surface area contributed by atoms with E-state index in [0.717, 1.165) is 5.56 Å². The molecular weight excluding hydrogens is 438 g/mol. The molecule has 1 N–H and O–H groups in total. The van der Waals surface area contributed by atoms with Crippen LogP contribution in [0.1, 0.15) is 54.9 Å². The van der Waals surface area contributed by atoms with Gasteiger partial charge in [-0.25, -0.2) is 13.4 Å². The van der Waals surface area contributed by atoms with Gasteiger partial charge in [0, 0.05) is 25.5 Å². The van der Waals surface area contributed by atoms with E-state index in [-0.39, 0.29) is 10.3 Å². The first-order valence-electron chi connectivity index (χ1n) is 10.7. The van der Waals surface area contributed by atoms with E-state index in [9.17, 15) is 8.42 Å². The summed E-state index contributed by atoms with van der Waals surface area (Å²) < 4.78 is 42.9. The first-order valence-corrected chi connectivity index (χ1v) is 12.2. The van der Waals surface area contributed by atoms with Crippen LogP contribution >= 0.6 is 0 Å². The lowest BCUT2D eigenvalue weighted by atomic mass is 9.85. The number of rotatable bonds is 7. The van der Waals surface area contributed by atoms with Gasteiger partial charge in [-0.15, -0.1) is 0 Å². The lowest BCUT2D eigenvalue weighted by molar-refractivity contribution is 0.392. The summed E-state index contributed by atoms with van der Waals surface area (Å²) >= 11 is 0. The second-order valence-electron chi connectivity index (χ2n) is 9.29. The van der Waals surface area contributed by atoms with Gasteiger partial charge in [0.2, 0.25) is 10.0 Å². The fraction of sp³-hybridized carbons (Fsp3) is 0.400. The monoisotopic (exact) mass is 471 g/mol. The molecule has 33 heavy (non-hydrogen) atoms. The third kappa shape index (κ3) is 5.23. The van der Waals surface area contributed by atoms with Crippen molar-refractivity contribution < 1.29 is 17.9 Å². The Morgan fingerprint density at radius 2 is 1.52 bits per heavy atom. The second-order valence-corrected chi connectivity index (χ2v) is 10.9. The fourth-order valence-electron chi connectivity index (χ4n) is 3.94. The zero-order chi connectivity index (χ0) is 24.6. The quantitative estimate of drug-likeness (QED) is 0.552. The number of hydrogen-bond acceptors (Lipinski definition) is 5. The fourth-order valence-corrected chi connectivity index (χ4v) is 5.58. The summed E-state index contributed by atoms with van der Waals surface area (Å²) in [7, 11) is 1.05. The molecule has 0 spiro atoms. The zero-order valence-corrected chi connectivity index (χ0v) is 21.4. The van der Waals surface area contributed by atoms with E-state index in [0.29, 0.717) is 34.0 Å². The Bertz CT molecular complexity index is 1210. The highest BCUT2D eigenvalue weighted by atomic mass is 32.2. The molecule has 0 aliphatic carbocycles. The molecule has 1 aromatic heterocycles. The number of benzene rings is 2. The van der Waals surface area contributed by atoms with Gasteiger partial charge < -0.3 is 14.0 Å². The highest BCUT2D eigenvalue weighted by Crippen LogP contribution is 2.33. The first-order chi connectivity index (χ1) is 15.4. The number of imidazole rings is 1. The molecule has 0 saturated carbocycles. The standard InChI is InChI=1S/C25H33N3O4S/c1-16-11-19(25(3,4)5)12-17(2)23(16)33(29,30)27-22(24-26-9-10-28(24)6)18-13-20(31-7)15-21(14-18)32-8/h9-15,22,27H,1-8H3/t22-/m1/s1. The molecule has 3 rings (SSSR count). The number of hydrogen-bond donors (Lipinski definition) is 1. The third-order valence-electron chi connectivity index (χ3n) is 5.69. The molecular formula is C25H33N3O4S. The molecule has 3 aromatic rings. The molecule has 178 valence electrons. The zero-order valence-electron chi connectivity index (χ0n) is 20.6. The van der Waals surface area contributed by atoms with Crippen LogP contribution in [0.3, 0.4) is 0 Å². The summed E-state index contributed by atoms with van der Waals surface area (Å²) in [5.41, 5.74) is 3.07. The first kappa shape index (κ1) is 24.8. The van der Waals surface area contributed by atoms with Crippen molar-refractivity contribution in [2.75, 3.05) is 14.2 Å². The van der Waals surface area contributed by atoms with E-state index >= 15 is 0 Å². The van der Waals surface area contributed by atoms with E-state index in [2.05, 4.69) is 30.5 Å². The molecule has 1 heterocycles.